The summed E-state index contributed by atoms with van der Waals surface area (Å²) in [5.41, 5.74) is 2.19. The molecule has 0 fully saturated rings. The van der Waals surface area contributed by atoms with E-state index in [0.29, 0.717) is 10.0 Å². The minimum Gasteiger partial charge on any atom is -0.379 e. The van der Waals surface area contributed by atoms with Gasteiger partial charge >= 0.3 is 0 Å². The molecule has 3 rings (SSSR count). The highest BCUT2D eigenvalue weighted by Gasteiger charge is 2.05. The lowest BCUT2D eigenvalue weighted by Crippen LogP contribution is -1.97. The van der Waals surface area contributed by atoms with Gasteiger partial charge in [-0.25, -0.2) is 0 Å². The van der Waals surface area contributed by atoms with E-state index in [9.17, 15) is 0 Å². The first kappa shape index (κ1) is 14.0. The predicted octanol–water partition coefficient (Wildman–Crippen LogP) is 6.40. The van der Waals surface area contributed by atoms with E-state index in [-0.39, 0.29) is 0 Å². The number of anilines is 1. The Kier molecular flexibility index (Phi) is 4.32. The molecule has 0 saturated carbocycles. The van der Waals surface area contributed by atoms with E-state index in [1.54, 1.807) is 28.7 Å². The van der Waals surface area contributed by atoms with Crippen LogP contribution < -0.4 is 5.32 Å². The Hall–Kier alpha value is -1.00. The minimum absolute atomic E-state index is 0.646. The molecule has 0 aliphatic rings. The van der Waals surface area contributed by atoms with E-state index in [4.69, 9.17) is 23.2 Å². The molecule has 0 amide bonds. The van der Waals surface area contributed by atoms with Crippen LogP contribution in [0, 0.1) is 0 Å². The number of thiophene rings is 2. The van der Waals surface area contributed by atoms with Crippen molar-refractivity contribution in [2.45, 2.75) is 6.54 Å². The second-order valence-electron chi connectivity index (χ2n) is 4.26. The van der Waals surface area contributed by atoms with E-state index < -0.39 is 0 Å². The van der Waals surface area contributed by atoms with Crippen LogP contribution in [0.25, 0.3) is 10.4 Å². The van der Waals surface area contributed by atoms with Gasteiger partial charge in [0, 0.05) is 26.9 Å². The van der Waals surface area contributed by atoms with Crippen molar-refractivity contribution < 1.29 is 0 Å². The quantitative estimate of drug-likeness (QED) is 0.580. The molecule has 2 heterocycles. The normalized spacial score (nSPS) is 10.7. The number of hydrogen-bond acceptors (Lipinski definition) is 3. The van der Waals surface area contributed by atoms with Crippen LogP contribution in [0.15, 0.2) is 47.2 Å². The Balaban J connectivity index is 1.70. The second kappa shape index (κ2) is 6.19. The molecular weight excluding hydrogens is 329 g/mol. The average Bonchev–Trinajstić information content (AvgIpc) is 3.08. The molecule has 3 aromatic rings. The number of nitrogens with one attached hydrogen (secondary N) is 1. The van der Waals surface area contributed by atoms with Gasteiger partial charge in [-0.3, -0.25) is 0 Å². The van der Waals surface area contributed by atoms with Gasteiger partial charge in [0.25, 0.3) is 0 Å². The molecule has 2 aromatic heterocycles. The van der Waals surface area contributed by atoms with Crippen molar-refractivity contribution in [1.82, 2.24) is 0 Å². The fraction of sp³-hybridized carbons (Fsp3) is 0.0667. The predicted molar refractivity (Wildman–Crippen MR) is 91.4 cm³/mol. The van der Waals surface area contributed by atoms with Crippen LogP contribution in [0.2, 0.25) is 10.0 Å². The molecule has 0 saturated heterocycles. The second-order valence-corrected chi connectivity index (χ2v) is 7.04. The molecule has 1 nitrogen and oxygen atoms in total. The molecule has 0 aliphatic heterocycles. The lowest BCUT2D eigenvalue weighted by atomic mass is 10.2. The van der Waals surface area contributed by atoms with Gasteiger partial charge in [-0.15, -0.1) is 22.7 Å². The summed E-state index contributed by atoms with van der Waals surface area (Å²) in [6, 6.07) is 11.9. The third-order valence-electron chi connectivity index (χ3n) is 2.84. The maximum absolute atomic E-state index is 6.14. The Morgan fingerprint density at radius 3 is 2.70 bits per heavy atom. The molecule has 5 heteroatoms. The minimum atomic E-state index is 0.646. The summed E-state index contributed by atoms with van der Waals surface area (Å²) in [5.74, 6) is 0. The van der Waals surface area contributed by atoms with Gasteiger partial charge < -0.3 is 5.32 Å². The van der Waals surface area contributed by atoms with Gasteiger partial charge in [0.15, 0.2) is 0 Å². The zero-order valence-electron chi connectivity index (χ0n) is 10.4. The molecule has 0 aliphatic carbocycles. The molecule has 0 spiro atoms. The lowest BCUT2D eigenvalue weighted by Gasteiger charge is -2.07. The maximum Gasteiger partial charge on any atom is 0.0652 e. The zero-order chi connectivity index (χ0) is 13.9. The fourth-order valence-corrected chi connectivity index (χ4v) is 3.95. The van der Waals surface area contributed by atoms with Crippen LogP contribution in [0.4, 0.5) is 5.69 Å². The highest BCUT2D eigenvalue weighted by atomic mass is 35.5. The molecule has 0 bridgehead atoms. The molecule has 0 atom stereocenters. The van der Waals surface area contributed by atoms with Crippen molar-refractivity contribution in [1.29, 1.82) is 0 Å². The SMILES string of the molecule is Clc1ccc(NCc2cc(-c3cccs3)cs2)c(Cl)c1. The van der Waals surface area contributed by atoms with E-state index >= 15 is 0 Å². The third-order valence-corrected chi connectivity index (χ3v) is 5.25. The van der Waals surface area contributed by atoms with Gasteiger partial charge in [-0.05, 0) is 41.1 Å². The first-order valence-electron chi connectivity index (χ1n) is 6.02. The summed E-state index contributed by atoms with van der Waals surface area (Å²) in [7, 11) is 0. The fourth-order valence-electron chi connectivity index (χ4n) is 1.86. The molecule has 20 heavy (non-hydrogen) atoms. The Bertz CT molecular complexity index is 704. The van der Waals surface area contributed by atoms with E-state index in [0.717, 1.165) is 12.2 Å². The van der Waals surface area contributed by atoms with Crippen LogP contribution in [0.1, 0.15) is 4.88 Å². The molecule has 1 N–H and O–H groups in total. The van der Waals surface area contributed by atoms with Crippen molar-refractivity contribution in [2.24, 2.45) is 0 Å². The first-order valence-corrected chi connectivity index (χ1v) is 8.54. The van der Waals surface area contributed by atoms with Crippen LogP contribution in [0.5, 0.6) is 0 Å². The van der Waals surface area contributed by atoms with Crippen molar-refractivity contribution in [3.05, 3.63) is 62.1 Å². The summed E-state index contributed by atoms with van der Waals surface area (Å²) in [4.78, 5) is 2.58. The monoisotopic (exact) mass is 339 g/mol. The first-order chi connectivity index (χ1) is 9.72. The number of rotatable bonds is 4. The van der Waals surface area contributed by atoms with Crippen LogP contribution in [-0.4, -0.2) is 0 Å². The maximum atomic E-state index is 6.14. The standard InChI is InChI=1S/C15H11Cl2NS2/c16-11-3-4-14(13(17)7-11)18-8-12-6-10(9-20-12)15-2-1-5-19-15/h1-7,9,18H,8H2. The summed E-state index contributed by atoms with van der Waals surface area (Å²) in [6.45, 7) is 0.761. The van der Waals surface area contributed by atoms with Gasteiger partial charge in [0.05, 0.1) is 10.7 Å². The molecule has 0 radical (unpaired) electrons. The van der Waals surface area contributed by atoms with E-state index in [1.807, 2.05) is 12.1 Å². The Labute approximate surface area is 135 Å². The van der Waals surface area contributed by atoms with Crippen molar-refractivity contribution in [2.75, 3.05) is 5.32 Å². The van der Waals surface area contributed by atoms with Crippen LogP contribution >= 0.6 is 45.9 Å². The lowest BCUT2D eigenvalue weighted by molar-refractivity contribution is 1.19. The number of benzene rings is 1. The third kappa shape index (κ3) is 3.18. The van der Waals surface area contributed by atoms with Gasteiger partial charge in [0.2, 0.25) is 0 Å². The van der Waals surface area contributed by atoms with Crippen molar-refractivity contribution >= 4 is 51.6 Å². The number of halogens is 2. The van der Waals surface area contributed by atoms with Crippen LogP contribution in [0.3, 0.4) is 0 Å². The molecule has 0 unspecified atom stereocenters. The molecule has 102 valence electrons. The average molecular weight is 340 g/mol. The highest BCUT2D eigenvalue weighted by Crippen LogP contribution is 2.30. The molecule has 1 aromatic carbocycles. The van der Waals surface area contributed by atoms with Gasteiger partial charge in [0.1, 0.15) is 0 Å². The van der Waals surface area contributed by atoms with E-state index in [2.05, 4.69) is 34.3 Å². The largest absolute Gasteiger partial charge is 0.379 e. The molecular formula is C15H11Cl2NS2. The smallest absolute Gasteiger partial charge is 0.0652 e. The van der Waals surface area contributed by atoms with Crippen molar-refractivity contribution in [3.63, 3.8) is 0 Å². The highest BCUT2D eigenvalue weighted by molar-refractivity contribution is 7.14. The van der Waals surface area contributed by atoms with Crippen molar-refractivity contribution in [3.8, 4) is 10.4 Å². The Morgan fingerprint density at radius 2 is 1.95 bits per heavy atom. The summed E-state index contributed by atoms with van der Waals surface area (Å²) >= 11 is 15.5. The topological polar surface area (TPSA) is 12.0 Å². The number of hydrogen-bond donors (Lipinski definition) is 1. The van der Waals surface area contributed by atoms with Gasteiger partial charge in [-0.1, -0.05) is 29.3 Å². The summed E-state index contributed by atoms with van der Waals surface area (Å²) in [5, 5.41) is 8.92. The summed E-state index contributed by atoms with van der Waals surface area (Å²) in [6.07, 6.45) is 0. The summed E-state index contributed by atoms with van der Waals surface area (Å²) < 4.78 is 0. The van der Waals surface area contributed by atoms with Gasteiger partial charge in [-0.2, -0.15) is 0 Å². The zero-order valence-corrected chi connectivity index (χ0v) is 13.5. The van der Waals surface area contributed by atoms with E-state index in [1.165, 1.54) is 15.3 Å². The Morgan fingerprint density at radius 1 is 1.05 bits per heavy atom. The van der Waals surface area contributed by atoms with Crippen LogP contribution in [-0.2, 0) is 6.54 Å².